The highest BCUT2D eigenvalue weighted by atomic mass is 32.2. The molecule has 18 heavy (non-hydrogen) atoms. The first-order valence-electron chi connectivity index (χ1n) is 6.22. The van der Waals surface area contributed by atoms with Crippen LogP contribution in [0.4, 0.5) is 4.79 Å². The maximum Gasteiger partial charge on any atom is 0.314 e. The highest BCUT2D eigenvalue weighted by molar-refractivity contribution is 7.98. The first-order chi connectivity index (χ1) is 8.49. The van der Waals surface area contributed by atoms with Gasteiger partial charge in [-0.05, 0) is 23.8 Å². The number of carboxylic acid groups (broad SMARTS) is 1. The Kier molecular flexibility index (Phi) is 9.55. The lowest BCUT2D eigenvalue weighted by atomic mass is 10.0. The van der Waals surface area contributed by atoms with Gasteiger partial charge < -0.3 is 15.7 Å². The minimum absolute atomic E-state index is 0.00290. The predicted molar refractivity (Wildman–Crippen MR) is 75.0 cm³/mol. The fraction of sp³-hybridized carbons (Fsp3) is 0.833. The number of rotatable bonds is 9. The Morgan fingerprint density at radius 1 is 1.28 bits per heavy atom. The molecule has 106 valence electrons. The average molecular weight is 276 g/mol. The molecule has 0 saturated heterocycles. The summed E-state index contributed by atoms with van der Waals surface area (Å²) in [5.74, 6) is 0.623. The molecule has 0 bridgehead atoms. The number of amides is 2. The van der Waals surface area contributed by atoms with Crippen molar-refractivity contribution in [2.75, 3.05) is 25.1 Å². The van der Waals surface area contributed by atoms with Crippen LogP contribution in [0.1, 0.15) is 26.7 Å². The lowest BCUT2D eigenvalue weighted by Gasteiger charge is -2.15. The highest BCUT2D eigenvalue weighted by Crippen LogP contribution is 2.06. The van der Waals surface area contributed by atoms with Crippen LogP contribution >= 0.6 is 11.8 Å². The quantitative estimate of drug-likeness (QED) is 0.600. The second-order valence-electron chi connectivity index (χ2n) is 4.52. The summed E-state index contributed by atoms with van der Waals surface area (Å²) in [4.78, 5) is 22.1. The smallest absolute Gasteiger partial charge is 0.314 e. The standard InChI is InChI=1S/C12H24N2O3S/c1-4-10(5-11(15)16)7-14-12(17)13-6-9(2)8-18-3/h9-10H,4-8H2,1-3H3,(H,15,16)(H2,13,14,17). The van der Waals surface area contributed by atoms with Crippen LogP contribution in [0.3, 0.4) is 0 Å². The second-order valence-corrected chi connectivity index (χ2v) is 5.43. The topological polar surface area (TPSA) is 78.4 Å². The van der Waals surface area contributed by atoms with E-state index in [-0.39, 0.29) is 18.4 Å². The van der Waals surface area contributed by atoms with Crippen molar-refractivity contribution in [1.82, 2.24) is 10.6 Å². The number of carbonyl (C=O) groups is 2. The van der Waals surface area contributed by atoms with E-state index in [1.54, 1.807) is 11.8 Å². The van der Waals surface area contributed by atoms with Gasteiger partial charge in [-0.25, -0.2) is 4.79 Å². The maximum absolute atomic E-state index is 11.5. The van der Waals surface area contributed by atoms with Gasteiger partial charge in [0.1, 0.15) is 0 Å². The van der Waals surface area contributed by atoms with Gasteiger partial charge in [0.25, 0.3) is 0 Å². The minimum atomic E-state index is -0.822. The summed E-state index contributed by atoms with van der Waals surface area (Å²) >= 11 is 1.75. The van der Waals surface area contributed by atoms with E-state index in [0.29, 0.717) is 19.0 Å². The van der Waals surface area contributed by atoms with Crippen molar-refractivity contribution in [3.63, 3.8) is 0 Å². The van der Waals surface area contributed by atoms with E-state index in [2.05, 4.69) is 17.6 Å². The van der Waals surface area contributed by atoms with Gasteiger partial charge >= 0.3 is 12.0 Å². The van der Waals surface area contributed by atoms with Crippen LogP contribution in [0, 0.1) is 11.8 Å². The van der Waals surface area contributed by atoms with E-state index < -0.39 is 5.97 Å². The molecule has 0 rings (SSSR count). The van der Waals surface area contributed by atoms with E-state index >= 15 is 0 Å². The molecule has 0 radical (unpaired) electrons. The molecule has 0 aromatic rings. The molecule has 0 spiro atoms. The van der Waals surface area contributed by atoms with E-state index in [1.807, 2.05) is 13.2 Å². The van der Waals surface area contributed by atoms with Crippen molar-refractivity contribution in [2.24, 2.45) is 11.8 Å². The normalized spacial score (nSPS) is 13.7. The lowest BCUT2D eigenvalue weighted by Crippen LogP contribution is -2.40. The summed E-state index contributed by atoms with van der Waals surface area (Å²) < 4.78 is 0. The number of urea groups is 1. The van der Waals surface area contributed by atoms with Crippen molar-refractivity contribution in [3.05, 3.63) is 0 Å². The van der Waals surface area contributed by atoms with E-state index in [9.17, 15) is 9.59 Å². The Labute approximate surface area is 113 Å². The van der Waals surface area contributed by atoms with Gasteiger partial charge in [-0.1, -0.05) is 20.3 Å². The summed E-state index contributed by atoms with van der Waals surface area (Å²) in [6, 6.07) is -0.216. The van der Waals surface area contributed by atoms with Crippen LogP contribution in [0.2, 0.25) is 0 Å². The summed E-state index contributed by atoms with van der Waals surface area (Å²) in [5, 5.41) is 14.2. The second kappa shape index (κ2) is 10.1. The van der Waals surface area contributed by atoms with E-state index in [0.717, 1.165) is 12.2 Å². The molecule has 2 unspecified atom stereocenters. The first kappa shape index (κ1) is 17.1. The van der Waals surface area contributed by atoms with Crippen LogP contribution in [-0.4, -0.2) is 42.2 Å². The number of hydrogen-bond acceptors (Lipinski definition) is 3. The van der Waals surface area contributed by atoms with Crippen molar-refractivity contribution in [1.29, 1.82) is 0 Å². The number of carboxylic acids is 1. The molecule has 0 aromatic heterocycles. The van der Waals surface area contributed by atoms with Crippen LogP contribution < -0.4 is 10.6 Å². The number of carbonyl (C=O) groups excluding carboxylic acids is 1. The SMILES string of the molecule is CCC(CNC(=O)NCC(C)CSC)CC(=O)O. The van der Waals surface area contributed by atoms with Gasteiger partial charge in [0.15, 0.2) is 0 Å². The van der Waals surface area contributed by atoms with Crippen molar-refractivity contribution < 1.29 is 14.7 Å². The third-order valence-electron chi connectivity index (χ3n) is 2.65. The molecule has 0 aliphatic heterocycles. The largest absolute Gasteiger partial charge is 0.481 e. The number of thioether (sulfide) groups is 1. The molecule has 3 N–H and O–H groups in total. The number of nitrogens with one attached hydrogen (secondary N) is 2. The molecule has 6 heteroatoms. The van der Waals surface area contributed by atoms with Crippen LogP contribution in [-0.2, 0) is 4.79 Å². The van der Waals surface area contributed by atoms with Gasteiger partial charge in [0, 0.05) is 19.5 Å². The predicted octanol–water partition coefficient (Wildman–Crippen LogP) is 1.79. The zero-order valence-corrected chi connectivity index (χ0v) is 12.2. The monoisotopic (exact) mass is 276 g/mol. The molecule has 2 atom stereocenters. The van der Waals surface area contributed by atoms with Gasteiger partial charge in [0.2, 0.25) is 0 Å². The molecular weight excluding hydrogens is 252 g/mol. The van der Waals surface area contributed by atoms with Crippen LogP contribution in [0.5, 0.6) is 0 Å². The first-order valence-corrected chi connectivity index (χ1v) is 7.61. The minimum Gasteiger partial charge on any atom is -0.481 e. The molecule has 0 aliphatic carbocycles. The summed E-state index contributed by atoms with van der Waals surface area (Å²) in [5.41, 5.74) is 0. The Morgan fingerprint density at radius 3 is 2.39 bits per heavy atom. The fourth-order valence-electron chi connectivity index (χ4n) is 1.52. The third-order valence-corrected chi connectivity index (χ3v) is 3.56. The molecule has 0 saturated carbocycles. The summed E-state index contributed by atoms with van der Waals surface area (Å²) in [7, 11) is 0. The van der Waals surface area contributed by atoms with E-state index in [4.69, 9.17) is 5.11 Å². The van der Waals surface area contributed by atoms with Gasteiger partial charge in [-0.15, -0.1) is 0 Å². The zero-order valence-electron chi connectivity index (χ0n) is 11.4. The van der Waals surface area contributed by atoms with Crippen molar-refractivity contribution in [2.45, 2.75) is 26.7 Å². The van der Waals surface area contributed by atoms with E-state index in [1.165, 1.54) is 0 Å². The van der Waals surface area contributed by atoms with Crippen molar-refractivity contribution in [3.8, 4) is 0 Å². The number of aliphatic carboxylic acids is 1. The Hall–Kier alpha value is -0.910. The summed E-state index contributed by atoms with van der Waals surface area (Å²) in [6.07, 6.45) is 2.88. The van der Waals surface area contributed by atoms with Crippen LogP contribution in [0.15, 0.2) is 0 Å². The molecule has 0 heterocycles. The molecule has 2 amide bonds. The fourth-order valence-corrected chi connectivity index (χ4v) is 2.20. The maximum atomic E-state index is 11.5. The number of hydrogen-bond donors (Lipinski definition) is 3. The van der Waals surface area contributed by atoms with Crippen LogP contribution in [0.25, 0.3) is 0 Å². The highest BCUT2D eigenvalue weighted by Gasteiger charge is 2.12. The van der Waals surface area contributed by atoms with Gasteiger partial charge in [-0.3, -0.25) is 4.79 Å². The Morgan fingerprint density at radius 2 is 1.89 bits per heavy atom. The van der Waals surface area contributed by atoms with Gasteiger partial charge in [0.05, 0.1) is 0 Å². The zero-order chi connectivity index (χ0) is 14.0. The molecule has 0 aromatic carbocycles. The molecular formula is C12H24N2O3S. The third kappa shape index (κ3) is 9.15. The van der Waals surface area contributed by atoms with Crippen molar-refractivity contribution >= 4 is 23.8 Å². The summed E-state index contributed by atoms with van der Waals surface area (Å²) in [6.45, 7) is 5.05. The molecule has 0 aliphatic rings. The Balaban J connectivity index is 3.77. The van der Waals surface area contributed by atoms with Gasteiger partial charge in [-0.2, -0.15) is 11.8 Å². The average Bonchev–Trinajstić information content (AvgIpc) is 2.31. The molecule has 5 nitrogen and oxygen atoms in total. The lowest BCUT2D eigenvalue weighted by molar-refractivity contribution is -0.138. The molecule has 0 fully saturated rings. The Bertz CT molecular complexity index is 262.